The Morgan fingerprint density at radius 1 is 1.18 bits per heavy atom. The van der Waals surface area contributed by atoms with Crippen LogP contribution in [-0.4, -0.2) is 44.6 Å². The van der Waals surface area contributed by atoms with E-state index in [1.54, 1.807) is 30.5 Å². The summed E-state index contributed by atoms with van der Waals surface area (Å²) >= 11 is 5.88. The normalized spacial score (nSPS) is 18.0. The Hall–Kier alpha value is -3.40. The number of alkyl halides is 3. The van der Waals surface area contributed by atoms with Gasteiger partial charge in [0.25, 0.3) is 0 Å². The van der Waals surface area contributed by atoms with E-state index in [1.807, 2.05) is 0 Å². The molecule has 1 unspecified atom stereocenters. The Morgan fingerprint density at radius 2 is 1.91 bits per heavy atom. The van der Waals surface area contributed by atoms with Crippen LogP contribution >= 0.6 is 11.6 Å². The first kappa shape index (κ1) is 22.8. The molecule has 11 heteroatoms. The van der Waals surface area contributed by atoms with Gasteiger partial charge in [-0.2, -0.15) is 0 Å². The highest BCUT2D eigenvalue weighted by molar-refractivity contribution is 6.29. The molecule has 33 heavy (non-hydrogen) atoms. The second-order valence-electron chi connectivity index (χ2n) is 7.69. The number of hydrogen-bond acceptors (Lipinski definition) is 6. The third-order valence-electron chi connectivity index (χ3n) is 5.40. The molecule has 172 valence electrons. The molecule has 2 amide bonds. The van der Waals surface area contributed by atoms with E-state index in [0.29, 0.717) is 22.6 Å². The number of nitrogens with zero attached hydrogens (tertiary/aromatic N) is 4. The molecule has 0 aliphatic heterocycles. The Labute approximate surface area is 193 Å². The van der Waals surface area contributed by atoms with Crippen LogP contribution in [0, 0.1) is 0 Å². The van der Waals surface area contributed by atoms with Gasteiger partial charge in [-0.15, -0.1) is 11.6 Å². The van der Waals surface area contributed by atoms with Crippen LogP contribution in [0.4, 0.5) is 14.5 Å². The number of aromatic nitrogens is 3. The van der Waals surface area contributed by atoms with Crippen molar-refractivity contribution in [3.63, 3.8) is 0 Å². The number of carbonyl (C=O) groups excluding carboxylic acids is 2. The fraction of sp³-hybridized carbons (Fsp3) is 0.318. The molecular formula is C22H20ClF2N5O3. The summed E-state index contributed by atoms with van der Waals surface area (Å²) in [4.78, 5) is 39.2. The maximum atomic E-state index is 13.7. The van der Waals surface area contributed by atoms with Gasteiger partial charge in [0.15, 0.2) is 12.2 Å². The van der Waals surface area contributed by atoms with E-state index in [9.17, 15) is 18.4 Å². The third-order valence-corrected chi connectivity index (χ3v) is 5.63. The van der Waals surface area contributed by atoms with Gasteiger partial charge in [0.1, 0.15) is 18.2 Å². The molecule has 1 N–H and O–H groups in total. The SMILES string of the molecule is O=C(N[C@H]1CCC(F)(F)C1)C(c1cncnc1)N(C(=O)CCl)c1ccc(-c2cnco2)cc1. The van der Waals surface area contributed by atoms with E-state index in [0.717, 1.165) is 0 Å². The molecule has 1 aromatic carbocycles. The minimum atomic E-state index is -2.83. The number of benzene rings is 1. The Kier molecular flexibility index (Phi) is 6.64. The van der Waals surface area contributed by atoms with Crippen molar-refractivity contribution in [3.05, 3.63) is 61.1 Å². The van der Waals surface area contributed by atoms with Crippen LogP contribution in [0.1, 0.15) is 30.9 Å². The van der Waals surface area contributed by atoms with Crippen LogP contribution in [0.25, 0.3) is 11.3 Å². The van der Waals surface area contributed by atoms with E-state index in [4.69, 9.17) is 16.0 Å². The largest absolute Gasteiger partial charge is 0.444 e. The fourth-order valence-corrected chi connectivity index (χ4v) is 4.00. The maximum Gasteiger partial charge on any atom is 0.250 e. The Balaban J connectivity index is 1.68. The molecule has 4 rings (SSSR count). The van der Waals surface area contributed by atoms with Gasteiger partial charge in [-0.05, 0) is 30.7 Å². The molecule has 0 spiro atoms. The van der Waals surface area contributed by atoms with Gasteiger partial charge in [0.2, 0.25) is 17.7 Å². The second-order valence-corrected chi connectivity index (χ2v) is 7.96. The van der Waals surface area contributed by atoms with Gasteiger partial charge in [0.05, 0.1) is 6.20 Å². The van der Waals surface area contributed by atoms with Crippen molar-refractivity contribution in [1.82, 2.24) is 20.3 Å². The smallest absolute Gasteiger partial charge is 0.250 e. The Morgan fingerprint density at radius 3 is 2.48 bits per heavy atom. The summed E-state index contributed by atoms with van der Waals surface area (Å²) in [5.41, 5.74) is 1.41. The lowest BCUT2D eigenvalue weighted by molar-refractivity contribution is -0.126. The molecule has 1 aliphatic carbocycles. The number of amides is 2. The summed E-state index contributed by atoms with van der Waals surface area (Å²) < 4.78 is 32.6. The van der Waals surface area contributed by atoms with Crippen LogP contribution in [0.2, 0.25) is 0 Å². The number of hydrogen-bond donors (Lipinski definition) is 1. The van der Waals surface area contributed by atoms with Crippen molar-refractivity contribution in [2.45, 2.75) is 37.3 Å². The standard InChI is InChI=1S/C22H20ClF2N5O3/c23-8-19(31)30(17-3-1-14(2-4-17)18-11-28-13-33-18)20(15-9-26-12-27-10-15)21(32)29-16-5-6-22(24,25)7-16/h1-4,9-13,16,20H,5-8H2,(H,29,32)/t16-,20?/m0/s1. The number of nitrogens with one attached hydrogen (secondary N) is 1. The van der Waals surface area contributed by atoms with Crippen molar-refractivity contribution in [3.8, 4) is 11.3 Å². The zero-order valence-electron chi connectivity index (χ0n) is 17.3. The average molecular weight is 476 g/mol. The molecular weight excluding hydrogens is 456 g/mol. The molecule has 2 atom stereocenters. The number of oxazole rings is 1. The number of halogens is 3. The number of anilines is 1. The lowest BCUT2D eigenvalue weighted by Crippen LogP contribution is -2.47. The van der Waals surface area contributed by atoms with Crippen LogP contribution in [0.5, 0.6) is 0 Å². The highest BCUT2D eigenvalue weighted by Crippen LogP contribution is 2.36. The highest BCUT2D eigenvalue weighted by Gasteiger charge is 2.42. The van der Waals surface area contributed by atoms with Crippen LogP contribution in [-0.2, 0) is 9.59 Å². The first-order chi connectivity index (χ1) is 15.9. The molecule has 2 aromatic heterocycles. The quantitative estimate of drug-likeness (QED) is 0.522. The molecule has 0 bridgehead atoms. The zero-order chi connectivity index (χ0) is 23.4. The van der Waals surface area contributed by atoms with E-state index in [2.05, 4.69) is 20.3 Å². The number of rotatable bonds is 7. The van der Waals surface area contributed by atoms with E-state index >= 15 is 0 Å². The van der Waals surface area contributed by atoms with Crippen LogP contribution in [0.15, 0.2) is 60.0 Å². The van der Waals surface area contributed by atoms with Crippen molar-refractivity contribution in [2.24, 2.45) is 0 Å². The summed E-state index contributed by atoms with van der Waals surface area (Å²) in [6.45, 7) is 0. The highest BCUT2D eigenvalue weighted by atomic mass is 35.5. The summed E-state index contributed by atoms with van der Waals surface area (Å²) in [6.07, 6.45) is 6.33. The molecule has 0 saturated heterocycles. The topological polar surface area (TPSA) is 101 Å². The van der Waals surface area contributed by atoms with Gasteiger partial charge >= 0.3 is 0 Å². The van der Waals surface area contributed by atoms with Crippen molar-refractivity contribution >= 4 is 29.1 Å². The van der Waals surface area contributed by atoms with Gasteiger partial charge in [-0.1, -0.05) is 0 Å². The molecule has 3 aromatic rings. The molecule has 1 saturated carbocycles. The summed E-state index contributed by atoms with van der Waals surface area (Å²) in [7, 11) is 0. The second kappa shape index (κ2) is 9.62. The fourth-order valence-electron chi connectivity index (χ4n) is 3.87. The molecule has 0 radical (unpaired) electrons. The van der Waals surface area contributed by atoms with Gasteiger partial charge in [-0.3, -0.25) is 14.5 Å². The first-order valence-electron chi connectivity index (χ1n) is 10.2. The third kappa shape index (κ3) is 5.16. The predicted octanol–water partition coefficient (Wildman–Crippen LogP) is 3.75. The van der Waals surface area contributed by atoms with Crippen molar-refractivity contribution in [1.29, 1.82) is 0 Å². The monoisotopic (exact) mass is 475 g/mol. The zero-order valence-corrected chi connectivity index (χ0v) is 18.1. The van der Waals surface area contributed by atoms with E-state index in [-0.39, 0.29) is 12.8 Å². The van der Waals surface area contributed by atoms with Crippen molar-refractivity contribution < 1.29 is 22.8 Å². The minimum Gasteiger partial charge on any atom is -0.444 e. The van der Waals surface area contributed by atoms with Gasteiger partial charge < -0.3 is 9.73 Å². The van der Waals surface area contributed by atoms with Gasteiger partial charge in [-0.25, -0.2) is 23.7 Å². The lowest BCUT2D eigenvalue weighted by Gasteiger charge is -2.31. The molecule has 8 nitrogen and oxygen atoms in total. The van der Waals surface area contributed by atoms with Crippen molar-refractivity contribution in [2.75, 3.05) is 10.8 Å². The van der Waals surface area contributed by atoms with Crippen LogP contribution in [0.3, 0.4) is 0 Å². The average Bonchev–Trinajstić information content (AvgIpc) is 3.47. The predicted molar refractivity (Wildman–Crippen MR) is 116 cm³/mol. The summed E-state index contributed by atoms with van der Waals surface area (Å²) in [5, 5.41) is 2.66. The first-order valence-corrected chi connectivity index (χ1v) is 10.7. The van der Waals surface area contributed by atoms with Gasteiger partial charge in [0, 0.05) is 48.1 Å². The van der Waals surface area contributed by atoms with E-state index in [1.165, 1.54) is 30.0 Å². The maximum absolute atomic E-state index is 13.7. The molecule has 2 heterocycles. The molecule has 1 aliphatic rings. The minimum absolute atomic E-state index is 0.145. The summed E-state index contributed by atoms with van der Waals surface area (Å²) in [6, 6.07) is 4.77. The lowest BCUT2D eigenvalue weighted by atomic mass is 10.0. The van der Waals surface area contributed by atoms with E-state index < -0.39 is 42.1 Å². The molecule has 1 fully saturated rings. The Bertz CT molecular complexity index is 1100. The number of carbonyl (C=O) groups is 2. The summed E-state index contributed by atoms with van der Waals surface area (Å²) in [5.74, 6) is -3.87. The van der Waals surface area contributed by atoms with Crippen LogP contribution < -0.4 is 10.2 Å².